The second-order valence-electron chi connectivity index (χ2n) is 4.86. The minimum Gasteiger partial charge on any atom is -0.385 e. The maximum atomic E-state index is 5.83. The smallest absolute Gasteiger partial charge is 0.0895 e. The summed E-state index contributed by atoms with van der Waals surface area (Å²) >= 11 is 0. The van der Waals surface area contributed by atoms with Crippen LogP contribution in [0.1, 0.15) is 46.2 Å². The van der Waals surface area contributed by atoms with Gasteiger partial charge in [0.15, 0.2) is 0 Å². The Morgan fingerprint density at radius 2 is 2.12 bits per heavy atom. The Morgan fingerprint density at radius 3 is 2.76 bits per heavy atom. The summed E-state index contributed by atoms with van der Waals surface area (Å²) in [5.41, 5.74) is 2.02. The Hall–Kier alpha value is -1.09. The molecule has 0 radical (unpaired) electrons. The molecule has 0 aliphatic carbocycles. The van der Waals surface area contributed by atoms with E-state index in [1.54, 1.807) is 0 Å². The van der Waals surface area contributed by atoms with Crippen LogP contribution in [0.15, 0.2) is 18.3 Å². The Kier molecular flexibility index (Phi) is 5.42. The molecule has 0 aliphatic heterocycles. The third kappa shape index (κ3) is 5.18. The molecule has 1 aromatic heterocycles. The van der Waals surface area contributed by atoms with Gasteiger partial charge in [0.2, 0.25) is 0 Å². The highest BCUT2D eigenvalue weighted by atomic mass is 16.5. The first-order valence-electron chi connectivity index (χ1n) is 6.40. The molecule has 0 spiro atoms. The van der Waals surface area contributed by atoms with Crippen molar-refractivity contribution in [3.05, 3.63) is 24.0 Å². The lowest BCUT2D eigenvalue weighted by Gasteiger charge is -2.23. The first-order valence-corrected chi connectivity index (χ1v) is 6.40. The largest absolute Gasteiger partial charge is 0.385 e. The molecule has 0 amide bonds. The summed E-state index contributed by atoms with van der Waals surface area (Å²) in [6.45, 7) is 10.1. The van der Waals surface area contributed by atoms with Gasteiger partial charge in [-0.05, 0) is 38.8 Å². The van der Waals surface area contributed by atoms with Gasteiger partial charge in [0, 0.05) is 18.4 Å². The van der Waals surface area contributed by atoms with Crippen LogP contribution in [0.4, 0.5) is 5.69 Å². The van der Waals surface area contributed by atoms with E-state index in [4.69, 9.17) is 4.74 Å². The monoisotopic (exact) mass is 236 g/mol. The van der Waals surface area contributed by atoms with E-state index in [0.717, 1.165) is 30.8 Å². The summed E-state index contributed by atoms with van der Waals surface area (Å²) in [4.78, 5) is 4.32. The van der Waals surface area contributed by atoms with Crippen LogP contribution in [-0.2, 0) is 11.3 Å². The zero-order chi connectivity index (χ0) is 12.7. The lowest BCUT2D eigenvalue weighted by molar-refractivity contribution is -0.0330. The van der Waals surface area contributed by atoms with Crippen molar-refractivity contribution in [1.82, 2.24) is 4.98 Å². The van der Waals surface area contributed by atoms with Gasteiger partial charge in [-0.3, -0.25) is 4.98 Å². The highest BCUT2D eigenvalue weighted by Crippen LogP contribution is 2.17. The molecule has 96 valence electrons. The van der Waals surface area contributed by atoms with Gasteiger partial charge < -0.3 is 10.1 Å². The molecule has 3 nitrogen and oxygen atoms in total. The van der Waals surface area contributed by atoms with Gasteiger partial charge in [-0.1, -0.05) is 13.8 Å². The van der Waals surface area contributed by atoms with Crippen LogP contribution in [0.3, 0.4) is 0 Å². The normalized spacial score (nSPS) is 11.5. The molecule has 0 bridgehead atoms. The maximum absolute atomic E-state index is 5.83. The lowest BCUT2D eigenvalue weighted by Crippen LogP contribution is -2.22. The summed E-state index contributed by atoms with van der Waals surface area (Å²) in [7, 11) is 0. The second kappa shape index (κ2) is 6.60. The van der Waals surface area contributed by atoms with Crippen molar-refractivity contribution in [2.24, 2.45) is 0 Å². The maximum Gasteiger partial charge on any atom is 0.0895 e. The number of pyridine rings is 1. The van der Waals surface area contributed by atoms with Gasteiger partial charge in [-0.2, -0.15) is 0 Å². The molecule has 0 fully saturated rings. The highest BCUT2D eigenvalue weighted by molar-refractivity contribution is 5.42. The topological polar surface area (TPSA) is 34.2 Å². The summed E-state index contributed by atoms with van der Waals surface area (Å²) in [5.74, 6) is 0. The van der Waals surface area contributed by atoms with E-state index in [0.29, 0.717) is 6.61 Å². The van der Waals surface area contributed by atoms with Crippen molar-refractivity contribution >= 4 is 5.69 Å². The molecule has 0 saturated heterocycles. The van der Waals surface area contributed by atoms with E-state index >= 15 is 0 Å². The second-order valence-corrected chi connectivity index (χ2v) is 4.86. The first kappa shape index (κ1) is 14.0. The van der Waals surface area contributed by atoms with Crippen LogP contribution >= 0.6 is 0 Å². The third-order valence-corrected chi connectivity index (χ3v) is 2.86. The zero-order valence-corrected chi connectivity index (χ0v) is 11.4. The van der Waals surface area contributed by atoms with Gasteiger partial charge in [0.05, 0.1) is 17.9 Å². The predicted octanol–water partition coefficient (Wildman–Crippen LogP) is 3.61. The molecule has 0 atom stereocenters. The Labute approximate surface area is 105 Å². The molecule has 0 aliphatic rings. The van der Waals surface area contributed by atoms with Crippen molar-refractivity contribution < 1.29 is 4.74 Å². The Balaban J connectivity index is 2.53. The van der Waals surface area contributed by atoms with Gasteiger partial charge in [0.25, 0.3) is 0 Å². The van der Waals surface area contributed by atoms with Gasteiger partial charge in [-0.25, -0.2) is 0 Å². The summed E-state index contributed by atoms with van der Waals surface area (Å²) in [6, 6.07) is 4.05. The average Bonchev–Trinajstić information content (AvgIpc) is 2.35. The van der Waals surface area contributed by atoms with Crippen molar-refractivity contribution in [1.29, 1.82) is 0 Å². The molecule has 0 unspecified atom stereocenters. The molecular formula is C14H24N2O. The van der Waals surface area contributed by atoms with E-state index in [2.05, 4.69) is 44.1 Å². The van der Waals surface area contributed by atoms with E-state index < -0.39 is 0 Å². The fourth-order valence-electron chi connectivity index (χ4n) is 1.31. The van der Waals surface area contributed by atoms with E-state index in [9.17, 15) is 0 Å². The zero-order valence-electron chi connectivity index (χ0n) is 11.4. The van der Waals surface area contributed by atoms with Crippen molar-refractivity contribution in [3.8, 4) is 0 Å². The van der Waals surface area contributed by atoms with Crippen LogP contribution in [0.25, 0.3) is 0 Å². The van der Waals surface area contributed by atoms with Crippen LogP contribution in [0.2, 0.25) is 0 Å². The lowest BCUT2D eigenvalue weighted by atomic mass is 10.1. The minimum absolute atomic E-state index is 0.0749. The number of hydrogen-bond donors (Lipinski definition) is 1. The first-order chi connectivity index (χ1) is 8.07. The SMILES string of the molecule is CCCNc1ccnc(COC(C)(C)CC)c1. The number of aromatic nitrogens is 1. The number of hydrogen-bond acceptors (Lipinski definition) is 3. The minimum atomic E-state index is -0.0749. The van der Waals surface area contributed by atoms with Crippen LogP contribution in [0, 0.1) is 0 Å². The van der Waals surface area contributed by atoms with E-state index in [1.807, 2.05) is 12.3 Å². The summed E-state index contributed by atoms with van der Waals surface area (Å²) in [6.07, 6.45) is 3.95. The number of nitrogens with one attached hydrogen (secondary N) is 1. The van der Waals surface area contributed by atoms with Gasteiger partial charge >= 0.3 is 0 Å². The van der Waals surface area contributed by atoms with Crippen LogP contribution in [-0.4, -0.2) is 17.1 Å². The fraction of sp³-hybridized carbons (Fsp3) is 0.643. The molecule has 1 rings (SSSR count). The summed E-state index contributed by atoms with van der Waals surface area (Å²) in [5, 5.41) is 3.35. The van der Waals surface area contributed by atoms with E-state index in [-0.39, 0.29) is 5.60 Å². The standard InChI is InChI=1S/C14H24N2O/c1-5-8-15-12-7-9-16-13(10-12)11-17-14(3,4)6-2/h7,9-10H,5-6,8,11H2,1-4H3,(H,15,16). The molecule has 17 heavy (non-hydrogen) atoms. The predicted molar refractivity (Wildman–Crippen MR) is 72.2 cm³/mol. The number of nitrogens with zero attached hydrogens (tertiary/aromatic N) is 1. The van der Waals surface area contributed by atoms with Crippen LogP contribution in [0.5, 0.6) is 0 Å². The van der Waals surface area contributed by atoms with Gasteiger partial charge in [0.1, 0.15) is 0 Å². The Bertz CT molecular complexity index is 337. The fourth-order valence-corrected chi connectivity index (χ4v) is 1.31. The number of ether oxygens (including phenoxy) is 1. The quantitative estimate of drug-likeness (QED) is 0.785. The molecule has 0 saturated carbocycles. The van der Waals surface area contributed by atoms with Crippen LogP contribution < -0.4 is 5.32 Å². The molecule has 1 aromatic rings. The molecular weight excluding hydrogens is 212 g/mol. The van der Waals surface area contributed by atoms with Crippen molar-refractivity contribution in [3.63, 3.8) is 0 Å². The van der Waals surface area contributed by atoms with Gasteiger partial charge in [-0.15, -0.1) is 0 Å². The molecule has 0 aromatic carbocycles. The molecule has 1 heterocycles. The molecule has 1 N–H and O–H groups in total. The average molecular weight is 236 g/mol. The van der Waals surface area contributed by atoms with E-state index in [1.165, 1.54) is 0 Å². The Morgan fingerprint density at radius 1 is 1.35 bits per heavy atom. The van der Waals surface area contributed by atoms with Crippen molar-refractivity contribution in [2.75, 3.05) is 11.9 Å². The molecule has 3 heteroatoms. The number of anilines is 1. The highest BCUT2D eigenvalue weighted by Gasteiger charge is 2.15. The van der Waals surface area contributed by atoms with Crippen molar-refractivity contribution in [2.45, 2.75) is 52.7 Å². The third-order valence-electron chi connectivity index (χ3n) is 2.86. The number of rotatable bonds is 7. The summed E-state index contributed by atoms with van der Waals surface area (Å²) < 4.78 is 5.83.